The highest BCUT2D eigenvalue weighted by Gasteiger charge is 2.23. The summed E-state index contributed by atoms with van der Waals surface area (Å²) in [7, 11) is 1.59. The topological polar surface area (TPSA) is 63.5 Å². The molecule has 2 unspecified atom stereocenters. The van der Waals surface area contributed by atoms with Crippen LogP contribution >= 0.6 is 0 Å². The lowest BCUT2D eigenvalue weighted by Gasteiger charge is -2.30. The van der Waals surface area contributed by atoms with Crippen LogP contribution < -0.4 is 10.6 Å². The summed E-state index contributed by atoms with van der Waals surface area (Å²) in [6.07, 6.45) is 2.09. The third-order valence-corrected chi connectivity index (χ3v) is 3.25. The Hall–Kier alpha value is -1.33. The minimum Gasteiger partial charge on any atom is -0.453 e. The molecular weight excluding hydrogens is 232 g/mol. The Bertz CT molecular complexity index is 403. The van der Waals surface area contributed by atoms with Crippen LogP contribution in [0.2, 0.25) is 0 Å². The SMILES string of the molecule is COCc1ccc(C(=O)NC2CCCNC2C)o1. The third-order valence-electron chi connectivity index (χ3n) is 3.25. The predicted molar refractivity (Wildman–Crippen MR) is 67.4 cm³/mol. The molecule has 0 bridgehead atoms. The highest BCUT2D eigenvalue weighted by Crippen LogP contribution is 2.12. The lowest BCUT2D eigenvalue weighted by molar-refractivity contribution is 0.0883. The summed E-state index contributed by atoms with van der Waals surface area (Å²) in [4.78, 5) is 12.0. The lowest BCUT2D eigenvalue weighted by Crippen LogP contribution is -2.51. The van der Waals surface area contributed by atoms with Crippen molar-refractivity contribution in [2.45, 2.75) is 38.5 Å². The van der Waals surface area contributed by atoms with Crippen molar-refractivity contribution in [3.8, 4) is 0 Å². The molecular formula is C13H20N2O3. The average molecular weight is 252 g/mol. The molecule has 1 aromatic rings. The van der Waals surface area contributed by atoms with Gasteiger partial charge in [-0.2, -0.15) is 0 Å². The number of hydrogen-bond acceptors (Lipinski definition) is 4. The van der Waals surface area contributed by atoms with E-state index in [1.807, 2.05) is 0 Å². The number of furan rings is 1. The Morgan fingerprint density at radius 1 is 1.61 bits per heavy atom. The number of rotatable bonds is 4. The molecule has 0 aliphatic carbocycles. The van der Waals surface area contributed by atoms with Gasteiger partial charge in [0.2, 0.25) is 0 Å². The first-order chi connectivity index (χ1) is 8.70. The van der Waals surface area contributed by atoms with Crippen molar-refractivity contribution in [2.24, 2.45) is 0 Å². The maximum Gasteiger partial charge on any atom is 0.287 e. The summed E-state index contributed by atoms with van der Waals surface area (Å²) in [6.45, 7) is 3.49. The molecule has 5 heteroatoms. The molecule has 2 N–H and O–H groups in total. The fourth-order valence-corrected chi connectivity index (χ4v) is 2.20. The number of carbonyl (C=O) groups is 1. The van der Waals surface area contributed by atoms with E-state index in [0.717, 1.165) is 19.4 Å². The van der Waals surface area contributed by atoms with Gasteiger partial charge in [-0.3, -0.25) is 4.79 Å². The molecule has 0 aromatic carbocycles. The molecule has 1 aliphatic rings. The van der Waals surface area contributed by atoms with Gasteiger partial charge in [-0.25, -0.2) is 0 Å². The third kappa shape index (κ3) is 3.11. The molecule has 0 spiro atoms. The fraction of sp³-hybridized carbons (Fsp3) is 0.615. The second-order valence-electron chi connectivity index (χ2n) is 4.66. The highest BCUT2D eigenvalue weighted by molar-refractivity contribution is 5.91. The molecule has 0 radical (unpaired) electrons. The van der Waals surface area contributed by atoms with Crippen LogP contribution in [-0.4, -0.2) is 31.6 Å². The zero-order chi connectivity index (χ0) is 13.0. The van der Waals surface area contributed by atoms with E-state index in [-0.39, 0.29) is 11.9 Å². The number of nitrogens with one attached hydrogen (secondary N) is 2. The summed E-state index contributed by atoms with van der Waals surface area (Å²) < 4.78 is 10.4. The van der Waals surface area contributed by atoms with Crippen molar-refractivity contribution < 1.29 is 13.9 Å². The molecule has 2 atom stereocenters. The summed E-state index contributed by atoms with van der Waals surface area (Å²) >= 11 is 0. The maximum atomic E-state index is 12.0. The normalized spacial score (nSPS) is 23.9. The summed E-state index contributed by atoms with van der Waals surface area (Å²) in [6, 6.07) is 3.92. The van der Waals surface area contributed by atoms with Gasteiger partial charge >= 0.3 is 0 Å². The summed E-state index contributed by atoms with van der Waals surface area (Å²) in [5.41, 5.74) is 0. The van der Waals surface area contributed by atoms with Gasteiger partial charge in [0.15, 0.2) is 5.76 Å². The molecule has 0 saturated carbocycles. The van der Waals surface area contributed by atoms with Gasteiger partial charge < -0.3 is 19.8 Å². The number of amides is 1. The van der Waals surface area contributed by atoms with Crippen molar-refractivity contribution in [3.05, 3.63) is 23.7 Å². The molecule has 2 rings (SSSR count). The molecule has 100 valence electrons. The number of carbonyl (C=O) groups excluding carboxylic acids is 1. The van der Waals surface area contributed by atoms with Crippen molar-refractivity contribution in [3.63, 3.8) is 0 Å². The zero-order valence-corrected chi connectivity index (χ0v) is 10.9. The Morgan fingerprint density at radius 3 is 3.17 bits per heavy atom. The van der Waals surface area contributed by atoms with Crippen LogP contribution in [0.15, 0.2) is 16.5 Å². The number of methoxy groups -OCH3 is 1. The maximum absolute atomic E-state index is 12.0. The van der Waals surface area contributed by atoms with Crippen molar-refractivity contribution in [1.29, 1.82) is 0 Å². The minimum atomic E-state index is -0.155. The van der Waals surface area contributed by atoms with Crippen LogP contribution in [0.4, 0.5) is 0 Å². The van der Waals surface area contributed by atoms with Crippen LogP contribution in [0.3, 0.4) is 0 Å². The van der Waals surface area contributed by atoms with Gasteiger partial charge in [-0.05, 0) is 38.4 Å². The first-order valence-electron chi connectivity index (χ1n) is 6.32. The first-order valence-corrected chi connectivity index (χ1v) is 6.32. The van der Waals surface area contributed by atoms with Crippen LogP contribution in [0.25, 0.3) is 0 Å². The van der Waals surface area contributed by atoms with Crippen molar-refractivity contribution >= 4 is 5.91 Å². The van der Waals surface area contributed by atoms with E-state index in [0.29, 0.717) is 24.2 Å². The average Bonchev–Trinajstić information content (AvgIpc) is 2.81. The van der Waals surface area contributed by atoms with Crippen LogP contribution in [0.5, 0.6) is 0 Å². The van der Waals surface area contributed by atoms with Gasteiger partial charge in [0, 0.05) is 19.2 Å². The zero-order valence-electron chi connectivity index (χ0n) is 10.9. The second-order valence-corrected chi connectivity index (χ2v) is 4.66. The van der Waals surface area contributed by atoms with Gasteiger partial charge in [0.25, 0.3) is 5.91 Å². The Morgan fingerprint density at radius 2 is 2.44 bits per heavy atom. The van der Waals surface area contributed by atoms with Gasteiger partial charge in [-0.1, -0.05) is 0 Å². The lowest BCUT2D eigenvalue weighted by atomic mass is 10.00. The number of piperidine rings is 1. The fourth-order valence-electron chi connectivity index (χ4n) is 2.20. The van der Waals surface area contributed by atoms with E-state index in [2.05, 4.69) is 17.6 Å². The van der Waals surface area contributed by atoms with Crippen molar-refractivity contribution in [2.75, 3.05) is 13.7 Å². The van der Waals surface area contributed by atoms with Gasteiger partial charge in [-0.15, -0.1) is 0 Å². The van der Waals surface area contributed by atoms with E-state index in [4.69, 9.17) is 9.15 Å². The predicted octanol–water partition coefficient (Wildman–Crippen LogP) is 1.30. The standard InChI is InChI=1S/C13H20N2O3/c1-9-11(4-3-7-14-9)15-13(16)12-6-5-10(18-12)8-17-2/h5-6,9,11,14H,3-4,7-8H2,1-2H3,(H,15,16). The molecule has 1 amide bonds. The van der Waals surface area contributed by atoms with E-state index in [1.54, 1.807) is 19.2 Å². The second kappa shape index (κ2) is 6.02. The molecule has 1 aliphatic heterocycles. The quantitative estimate of drug-likeness (QED) is 0.847. The molecule has 1 aromatic heterocycles. The van der Waals surface area contributed by atoms with Crippen LogP contribution in [-0.2, 0) is 11.3 Å². The molecule has 2 heterocycles. The molecule has 1 fully saturated rings. The van der Waals surface area contributed by atoms with Crippen LogP contribution in [0.1, 0.15) is 36.1 Å². The number of hydrogen-bond donors (Lipinski definition) is 2. The van der Waals surface area contributed by atoms with Crippen LogP contribution in [0, 0.1) is 0 Å². The summed E-state index contributed by atoms with van der Waals surface area (Å²) in [5.74, 6) is 0.857. The van der Waals surface area contributed by atoms with E-state index >= 15 is 0 Å². The van der Waals surface area contributed by atoms with Gasteiger partial charge in [0.1, 0.15) is 12.4 Å². The van der Waals surface area contributed by atoms with Crippen molar-refractivity contribution in [1.82, 2.24) is 10.6 Å². The summed E-state index contributed by atoms with van der Waals surface area (Å²) in [5, 5.41) is 6.35. The highest BCUT2D eigenvalue weighted by atomic mass is 16.5. The molecule has 18 heavy (non-hydrogen) atoms. The Balaban J connectivity index is 1.93. The first kappa shape index (κ1) is 13.1. The van der Waals surface area contributed by atoms with Gasteiger partial charge in [0.05, 0.1) is 0 Å². The largest absolute Gasteiger partial charge is 0.453 e. The monoisotopic (exact) mass is 252 g/mol. The van der Waals surface area contributed by atoms with E-state index in [9.17, 15) is 4.79 Å². The molecule has 5 nitrogen and oxygen atoms in total. The molecule has 1 saturated heterocycles. The Labute approximate surface area is 107 Å². The minimum absolute atomic E-state index is 0.155. The van der Waals surface area contributed by atoms with E-state index < -0.39 is 0 Å². The number of ether oxygens (including phenoxy) is 1. The smallest absolute Gasteiger partial charge is 0.287 e. The van der Waals surface area contributed by atoms with E-state index in [1.165, 1.54) is 0 Å². The Kier molecular flexibility index (Phi) is 4.38.